The van der Waals surface area contributed by atoms with Crippen LogP contribution in [0, 0.1) is 0 Å². The van der Waals surface area contributed by atoms with Gasteiger partial charge in [-0.2, -0.15) is 0 Å². The Kier molecular flexibility index (Phi) is 47.8. The van der Waals surface area contributed by atoms with Crippen molar-refractivity contribution in [3.63, 3.8) is 0 Å². The molecule has 1 rings (SSSR count). The molecular weight excluding hydrogens is 919 g/mol. The molecule has 1 saturated heterocycles. The van der Waals surface area contributed by atoms with Crippen molar-refractivity contribution < 1.29 is 49.3 Å². The average Bonchev–Trinajstić information content (AvgIpc) is 3.39. The van der Waals surface area contributed by atoms with Gasteiger partial charge < -0.3 is 45.1 Å². The van der Waals surface area contributed by atoms with Crippen LogP contribution in [-0.4, -0.2) is 99.6 Å². The van der Waals surface area contributed by atoms with E-state index in [4.69, 9.17) is 14.2 Å². The van der Waals surface area contributed by atoms with Crippen LogP contribution in [-0.2, 0) is 23.8 Å². The molecule has 1 heterocycles. The molecule has 1 aliphatic heterocycles. The first-order valence-corrected chi connectivity index (χ1v) is 30.8. The van der Waals surface area contributed by atoms with Crippen molar-refractivity contribution in [3.05, 3.63) is 36.5 Å². The minimum absolute atomic E-state index is 0.120. The van der Waals surface area contributed by atoms with Crippen LogP contribution >= 0.6 is 0 Å². The van der Waals surface area contributed by atoms with Gasteiger partial charge in [-0.15, -0.1) is 0 Å². The minimum Gasteiger partial charge on any atom is -0.454 e. The molecule has 0 bridgehead atoms. The molecule has 6 N–H and O–H groups in total. The van der Waals surface area contributed by atoms with Crippen molar-refractivity contribution in [2.24, 2.45) is 0 Å². The fourth-order valence-corrected chi connectivity index (χ4v) is 9.58. The summed E-state index contributed by atoms with van der Waals surface area (Å²) >= 11 is 0. The summed E-state index contributed by atoms with van der Waals surface area (Å²) in [6.07, 6.45) is 49.0. The average molecular weight is 1030 g/mol. The molecule has 0 aliphatic carbocycles. The molecule has 1 aliphatic rings. The Morgan fingerprint density at radius 1 is 0.521 bits per heavy atom. The first-order chi connectivity index (χ1) is 35.7. The lowest BCUT2D eigenvalue weighted by Crippen LogP contribution is -2.61. The van der Waals surface area contributed by atoms with E-state index in [0.717, 1.165) is 77.0 Å². The number of hydrogen-bond donors (Lipinski definition) is 6. The van der Waals surface area contributed by atoms with Crippen LogP contribution in [0.5, 0.6) is 0 Å². The monoisotopic (exact) mass is 1030 g/mol. The van der Waals surface area contributed by atoms with Crippen LogP contribution in [0.4, 0.5) is 0 Å². The van der Waals surface area contributed by atoms with E-state index < -0.39 is 67.4 Å². The molecule has 1 amide bonds. The van der Waals surface area contributed by atoms with E-state index in [9.17, 15) is 35.1 Å². The van der Waals surface area contributed by atoms with Crippen LogP contribution in [0.3, 0.4) is 0 Å². The number of aliphatic hydroxyl groups excluding tert-OH is 5. The highest BCUT2D eigenvalue weighted by Gasteiger charge is 2.47. The molecule has 8 unspecified atom stereocenters. The van der Waals surface area contributed by atoms with Gasteiger partial charge in [-0.25, -0.2) is 0 Å². The zero-order valence-corrected chi connectivity index (χ0v) is 47.3. The second kappa shape index (κ2) is 50.7. The van der Waals surface area contributed by atoms with Crippen LogP contribution in [0.1, 0.15) is 284 Å². The topological polar surface area (TPSA) is 175 Å². The summed E-state index contributed by atoms with van der Waals surface area (Å²) in [6.45, 7) is 5.77. The van der Waals surface area contributed by atoms with Crippen molar-refractivity contribution in [1.82, 2.24) is 5.32 Å². The number of aliphatic hydroxyl groups is 5. The summed E-state index contributed by atoms with van der Waals surface area (Å²) in [5, 5.41) is 56.9. The molecule has 11 nitrogen and oxygen atoms in total. The Bertz CT molecular complexity index is 1330. The molecule has 0 saturated carbocycles. The number of ether oxygens (including phenoxy) is 3. The Hall–Kier alpha value is -2.12. The third kappa shape index (κ3) is 39.0. The largest absolute Gasteiger partial charge is 0.454 e. The van der Waals surface area contributed by atoms with Gasteiger partial charge in [0.15, 0.2) is 12.4 Å². The van der Waals surface area contributed by atoms with E-state index in [0.29, 0.717) is 12.8 Å². The van der Waals surface area contributed by atoms with Gasteiger partial charge in [-0.3, -0.25) is 9.59 Å². The van der Waals surface area contributed by atoms with E-state index in [2.05, 4.69) is 50.4 Å². The van der Waals surface area contributed by atoms with Gasteiger partial charge in [0.1, 0.15) is 24.4 Å². The number of hydrogen-bond acceptors (Lipinski definition) is 10. The Labute approximate surface area is 447 Å². The van der Waals surface area contributed by atoms with Crippen LogP contribution < -0.4 is 5.32 Å². The molecule has 1 fully saturated rings. The van der Waals surface area contributed by atoms with E-state index >= 15 is 0 Å². The number of carbonyl (C=O) groups is 2. The second-order valence-electron chi connectivity index (χ2n) is 21.4. The molecule has 0 radical (unpaired) electrons. The smallest absolute Gasteiger partial charge is 0.306 e. The van der Waals surface area contributed by atoms with Crippen molar-refractivity contribution in [2.75, 3.05) is 13.2 Å². The molecule has 0 aromatic carbocycles. The highest BCUT2D eigenvalue weighted by molar-refractivity contribution is 5.80. The Balaban J connectivity index is 2.67. The molecule has 0 spiro atoms. The first-order valence-electron chi connectivity index (χ1n) is 30.8. The quantitative estimate of drug-likeness (QED) is 0.0195. The van der Waals surface area contributed by atoms with Gasteiger partial charge in [0.25, 0.3) is 0 Å². The maximum atomic E-state index is 13.4. The minimum atomic E-state index is -1.61. The zero-order valence-electron chi connectivity index (χ0n) is 47.3. The van der Waals surface area contributed by atoms with Crippen molar-refractivity contribution >= 4 is 11.9 Å². The third-order valence-corrected chi connectivity index (χ3v) is 14.5. The predicted molar refractivity (Wildman–Crippen MR) is 301 cm³/mol. The summed E-state index contributed by atoms with van der Waals surface area (Å²) in [4.78, 5) is 26.5. The van der Waals surface area contributed by atoms with Gasteiger partial charge in [-0.1, -0.05) is 237 Å². The van der Waals surface area contributed by atoms with Gasteiger partial charge in [0.2, 0.25) is 5.91 Å². The van der Waals surface area contributed by atoms with Crippen LogP contribution in [0.2, 0.25) is 0 Å². The summed E-state index contributed by atoms with van der Waals surface area (Å²) in [5.74, 6) is -1.19. The number of rotatable bonds is 52. The normalized spacial score (nSPS) is 19.6. The number of unbranched alkanes of at least 4 members (excludes halogenated alkanes) is 34. The van der Waals surface area contributed by atoms with Gasteiger partial charge >= 0.3 is 5.97 Å². The molecule has 11 heteroatoms. The van der Waals surface area contributed by atoms with E-state index in [1.165, 1.54) is 161 Å². The lowest BCUT2D eigenvalue weighted by atomic mass is 9.99. The van der Waals surface area contributed by atoms with E-state index in [-0.39, 0.29) is 19.4 Å². The SMILES string of the molecule is CCCCCC/C=C\CCCCCCCCCC(=O)OC1C(OCC(NC(=O)C(O)CCCCCCCCCC/C=C/CCCCCCCC)C(O)/C=C/CCCCCCCCCCC)OC(CO)C(O)C1O. The van der Waals surface area contributed by atoms with Crippen molar-refractivity contribution in [3.8, 4) is 0 Å². The molecule has 428 valence electrons. The summed E-state index contributed by atoms with van der Waals surface area (Å²) in [5.41, 5.74) is 0. The van der Waals surface area contributed by atoms with Gasteiger partial charge in [0.05, 0.1) is 25.4 Å². The summed E-state index contributed by atoms with van der Waals surface area (Å²) < 4.78 is 17.6. The standard InChI is InChI=1S/C62H115NO10/c1-4-7-10-13-16-19-22-24-26-27-28-30-31-34-37-40-43-46-49-55(66)61(70)63-53(54(65)48-45-42-39-36-33-21-18-15-12-9-6-3)52-71-62-60(59(69)58(68)56(51-64)72-62)73-57(67)50-47-44-41-38-35-32-29-25-23-20-17-14-11-8-5-2/h20,23-24,26,45,48,53-56,58-60,62,64-66,68-69H,4-19,21-22,25,27-44,46-47,49-52H2,1-3H3,(H,63,70)/b23-20-,26-24+,48-45+. The first kappa shape index (κ1) is 68.9. The molecule has 0 aromatic heterocycles. The maximum absolute atomic E-state index is 13.4. The number of allylic oxidation sites excluding steroid dienone is 5. The molecule has 0 aromatic rings. The van der Waals surface area contributed by atoms with Crippen LogP contribution in [0.25, 0.3) is 0 Å². The van der Waals surface area contributed by atoms with Crippen LogP contribution in [0.15, 0.2) is 36.5 Å². The highest BCUT2D eigenvalue weighted by Crippen LogP contribution is 2.26. The van der Waals surface area contributed by atoms with Gasteiger partial charge in [0, 0.05) is 6.42 Å². The number of amides is 1. The molecular formula is C62H115NO10. The lowest BCUT2D eigenvalue weighted by Gasteiger charge is -2.41. The Morgan fingerprint density at radius 3 is 1.34 bits per heavy atom. The second-order valence-corrected chi connectivity index (χ2v) is 21.4. The number of carbonyl (C=O) groups excluding carboxylic acids is 2. The molecule has 73 heavy (non-hydrogen) atoms. The van der Waals surface area contributed by atoms with Crippen molar-refractivity contribution in [1.29, 1.82) is 0 Å². The molecule has 8 atom stereocenters. The number of esters is 1. The highest BCUT2D eigenvalue weighted by atomic mass is 16.7. The number of nitrogens with one attached hydrogen (secondary N) is 1. The predicted octanol–water partition coefficient (Wildman–Crippen LogP) is 14.3. The summed E-state index contributed by atoms with van der Waals surface area (Å²) in [6, 6.07) is -1.02. The third-order valence-electron chi connectivity index (χ3n) is 14.5. The summed E-state index contributed by atoms with van der Waals surface area (Å²) in [7, 11) is 0. The Morgan fingerprint density at radius 2 is 0.904 bits per heavy atom. The van der Waals surface area contributed by atoms with Gasteiger partial charge in [-0.05, 0) is 77.0 Å². The maximum Gasteiger partial charge on any atom is 0.306 e. The van der Waals surface area contributed by atoms with E-state index in [1.807, 2.05) is 6.08 Å². The fourth-order valence-electron chi connectivity index (χ4n) is 9.58. The fraction of sp³-hybridized carbons (Fsp3) is 0.871. The lowest BCUT2D eigenvalue weighted by molar-refractivity contribution is -0.305. The van der Waals surface area contributed by atoms with E-state index in [1.54, 1.807) is 6.08 Å². The zero-order chi connectivity index (χ0) is 53.3. The van der Waals surface area contributed by atoms with Crippen molar-refractivity contribution in [2.45, 2.75) is 333 Å².